The largest absolute Gasteiger partial charge is 0.326 e. The first-order valence-corrected chi connectivity index (χ1v) is 8.62. The molecule has 2 aliphatic rings. The van der Waals surface area contributed by atoms with Crippen molar-refractivity contribution in [2.45, 2.75) is 50.6 Å². The fourth-order valence-electron chi connectivity index (χ4n) is 3.88. The third-order valence-electron chi connectivity index (χ3n) is 5.47. The zero-order valence-corrected chi connectivity index (χ0v) is 13.9. The van der Waals surface area contributed by atoms with Crippen molar-refractivity contribution in [3.63, 3.8) is 0 Å². The highest BCUT2D eigenvalue weighted by atomic mass is 16.2. The van der Waals surface area contributed by atoms with Crippen molar-refractivity contribution in [2.75, 3.05) is 20.1 Å². The number of nitrogens with zero attached hydrogens (tertiary/aromatic N) is 3. The predicted molar refractivity (Wildman–Crippen MR) is 89.6 cm³/mol. The van der Waals surface area contributed by atoms with Gasteiger partial charge in [-0.05, 0) is 30.4 Å². The maximum absolute atomic E-state index is 12.7. The van der Waals surface area contributed by atoms with Gasteiger partial charge in [0.2, 0.25) is 5.91 Å². The molecule has 0 spiro atoms. The number of carbonyl (C=O) groups is 1. The van der Waals surface area contributed by atoms with Crippen molar-refractivity contribution >= 4 is 5.91 Å². The molecule has 3 rings (SSSR count). The Morgan fingerprint density at radius 3 is 2.65 bits per heavy atom. The standard InChI is InChI=1S/C19H25N3O/c1-21(19(15-20)10-5-2-6-11-19)18(23)14-22-12-9-16-7-3-4-8-17(16)13-22/h3-4,7-8H,2,5-6,9-14H2,1H3. The van der Waals surface area contributed by atoms with E-state index in [1.165, 1.54) is 17.5 Å². The summed E-state index contributed by atoms with van der Waals surface area (Å²) in [7, 11) is 1.81. The molecule has 4 nitrogen and oxygen atoms in total. The molecular formula is C19H25N3O. The summed E-state index contributed by atoms with van der Waals surface area (Å²) in [5, 5.41) is 9.64. The predicted octanol–water partition coefficient (Wildman–Crippen LogP) is 2.73. The van der Waals surface area contributed by atoms with E-state index < -0.39 is 5.54 Å². The first-order valence-electron chi connectivity index (χ1n) is 8.62. The van der Waals surface area contributed by atoms with Crippen LogP contribution in [0.5, 0.6) is 0 Å². The normalized spacial score (nSPS) is 20.3. The van der Waals surface area contributed by atoms with Crippen LogP contribution in [0.3, 0.4) is 0 Å². The lowest BCUT2D eigenvalue weighted by Gasteiger charge is -2.40. The van der Waals surface area contributed by atoms with Crippen molar-refractivity contribution < 1.29 is 4.79 Å². The van der Waals surface area contributed by atoms with Crippen LogP contribution in [0.25, 0.3) is 0 Å². The molecule has 1 aliphatic heterocycles. The van der Waals surface area contributed by atoms with Gasteiger partial charge < -0.3 is 4.90 Å². The van der Waals surface area contributed by atoms with Crippen molar-refractivity contribution in [3.8, 4) is 6.07 Å². The SMILES string of the molecule is CN(C(=O)CN1CCc2ccccc2C1)C1(C#N)CCCCC1. The summed E-state index contributed by atoms with van der Waals surface area (Å²) in [4.78, 5) is 16.7. The van der Waals surface area contributed by atoms with Gasteiger partial charge in [0.05, 0.1) is 12.6 Å². The second kappa shape index (κ2) is 6.72. The summed E-state index contributed by atoms with van der Waals surface area (Å²) in [6.45, 7) is 2.15. The Balaban J connectivity index is 1.64. The number of hydrogen-bond donors (Lipinski definition) is 0. The van der Waals surface area contributed by atoms with E-state index in [-0.39, 0.29) is 5.91 Å². The Morgan fingerprint density at radius 2 is 1.96 bits per heavy atom. The lowest BCUT2D eigenvalue weighted by Crippen LogP contribution is -2.52. The van der Waals surface area contributed by atoms with Crippen LogP contribution in [-0.2, 0) is 17.8 Å². The Hall–Kier alpha value is -1.86. The van der Waals surface area contributed by atoms with Crippen molar-refractivity contribution in [3.05, 3.63) is 35.4 Å². The third kappa shape index (κ3) is 3.25. The molecule has 1 saturated carbocycles. The van der Waals surface area contributed by atoms with Gasteiger partial charge in [-0.3, -0.25) is 9.69 Å². The molecule has 1 amide bonds. The van der Waals surface area contributed by atoms with E-state index in [4.69, 9.17) is 0 Å². The van der Waals surface area contributed by atoms with E-state index in [0.29, 0.717) is 6.54 Å². The van der Waals surface area contributed by atoms with Crippen LogP contribution in [0.15, 0.2) is 24.3 Å². The van der Waals surface area contributed by atoms with E-state index in [1.54, 1.807) is 4.90 Å². The molecule has 1 fully saturated rings. The molecule has 122 valence electrons. The number of nitriles is 1. The van der Waals surface area contributed by atoms with E-state index in [2.05, 4.69) is 35.2 Å². The van der Waals surface area contributed by atoms with Gasteiger partial charge in [-0.2, -0.15) is 5.26 Å². The topological polar surface area (TPSA) is 47.3 Å². The molecule has 1 aromatic carbocycles. The van der Waals surface area contributed by atoms with Crippen LogP contribution >= 0.6 is 0 Å². The van der Waals surface area contributed by atoms with Gasteiger partial charge in [0, 0.05) is 20.1 Å². The quantitative estimate of drug-likeness (QED) is 0.862. The maximum atomic E-state index is 12.7. The second-order valence-corrected chi connectivity index (χ2v) is 6.89. The Kier molecular flexibility index (Phi) is 4.68. The van der Waals surface area contributed by atoms with Crippen LogP contribution in [0.2, 0.25) is 0 Å². The van der Waals surface area contributed by atoms with Gasteiger partial charge in [0.1, 0.15) is 5.54 Å². The molecule has 0 atom stereocenters. The smallest absolute Gasteiger partial charge is 0.237 e. The first kappa shape index (κ1) is 16.0. The number of carbonyl (C=O) groups excluding carboxylic acids is 1. The number of fused-ring (bicyclic) bond motifs is 1. The van der Waals surface area contributed by atoms with Gasteiger partial charge in [-0.1, -0.05) is 43.5 Å². The fraction of sp³-hybridized carbons (Fsp3) is 0.579. The molecule has 1 heterocycles. The lowest BCUT2D eigenvalue weighted by molar-refractivity contribution is -0.136. The molecule has 1 aromatic rings. The van der Waals surface area contributed by atoms with E-state index >= 15 is 0 Å². The fourth-order valence-corrected chi connectivity index (χ4v) is 3.88. The summed E-state index contributed by atoms with van der Waals surface area (Å²) in [6.07, 6.45) is 5.89. The minimum atomic E-state index is -0.580. The Labute approximate surface area is 138 Å². The van der Waals surface area contributed by atoms with Crippen molar-refractivity contribution in [1.29, 1.82) is 5.26 Å². The van der Waals surface area contributed by atoms with E-state index in [1.807, 2.05) is 7.05 Å². The summed E-state index contributed by atoms with van der Waals surface area (Å²) >= 11 is 0. The molecule has 0 N–H and O–H groups in total. The van der Waals surface area contributed by atoms with Gasteiger partial charge in [-0.15, -0.1) is 0 Å². The zero-order chi connectivity index (χ0) is 16.3. The average molecular weight is 311 g/mol. The summed E-state index contributed by atoms with van der Waals surface area (Å²) < 4.78 is 0. The number of rotatable bonds is 3. The summed E-state index contributed by atoms with van der Waals surface area (Å²) in [5.74, 6) is 0.0767. The monoisotopic (exact) mass is 311 g/mol. The second-order valence-electron chi connectivity index (χ2n) is 6.89. The zero-order valence-electron chi connectivity index (χ0n) is 13.9. The van der Waals surface area contributed by atoms with Gasteiger partial charge in [0.15, 0.2) is 0 Å². The molecular weight excluding hydrogens is 286 g/mol. The molecule has 0 bridgehead atoms. The number of hydrogen-bond acceptors (Lipinski definition) is 3. The average Bonchev–Trinajstić information content (AvgIpc) is 2.61. The third-order valence-corrected chi connectivity index (χ3v) is 5.47. The van der Waals surface area contributed by atoms with Crippen LogP contribution in [0.4, 0.5) is 0 Å². The van der Waals surface area contributed by atoms with E-state index in [9.17, 15) is 10.1 Å². The molecule has 0 saturated heterocycles. The highest BCUT2D eigenvalue weighted by Gasteiger charge is 2.39. The minimum absolute atomic E-state index is 0.0767. The molecule has 23 heavy (non-hydrogen) atoms. The van der Waals surface area contributed by atoms with Gasteiger partial charge in [0.25, 0.3) is 0 Å². The first-order chi connectivity index (χ1) is 11.1. The minimum Gasteiger partial charge on any atom is -0.326 e. The highest BCUT2D eigenvalue weighted by molar-refractivity contribution is 5.79. The molecule has 4 heteroatoms. The van der Waals surface area contributed by atoms with Crippen LogP contribution in [0.1, 0.15) is 43.2 Å². The molecule has 1 aliphatic carbocycles. The van der Waals surface area contributed by atoms with Crippen LogP contribution in [-0.4, -0.2) is 41.4 Å². The summed E-state index contributed by atoms with van der Waals surface area (Å²) in [5.41, 5.74) is 2.13. The highest BCUT2D eigenvalue weighted by Crippen LogP contribution is 2.32. The van der Waals surface area contributed by atoms with Gasteiger partial charge >= 0.3 is 0 Å². The van der Waals surface area contributed by atoms with Crippen LogP contribution < -0.4 is 0 Å². The van der Waals surface area contributed by atoms with Crippen molar-refractivity contribution in [2.24, 2.45) is 0 Å². The molecule has 0 radical (unpaired) electrons. The van der Waals surface area contributed by atoms with Crippen molar-refractivity contribution in [1.82, 2.24) is 9.80 Å². The summed E-state index contributed by atoms with van der Waals surface area (Å²) in [6, 6.07) is 10.9. The van der Waals surface area contributed by atoms with E-state index in [0.717, 1.165) is 45.2 Å². The number of likely N-dealkylation sites (N-methyl/N-ethyl adjacent to an activating group) is 1. The lowest BCUT2D eigenvalue weighted by atomic mass is 9.81. The Morgan fingerprint density at radius 1 is 1.26 bits per heavy atom. The van der Waals surface area contributed by atoms with Gasteiger partial charge in [-0.25, -0.2) is 0 Å². The van der Waals surface area contributed by atoms with Crippen LogP contribution in [0, 0.1) is 11.3 Å². The Bertz CT molecular complexity index is 613. The molecule has 0 aromatic heterocycles. The molecule has 0 unspecified atom stereocenters. The number of benzene rings is 1. The number of amides is 1. The maximum Gasteiger partial charge on any atom is 0.237 e.